The Labute approximate surface area is 122 Å². The summed E-state index contributed by atoms with van der Waals surface area (Å²) < 4.78 is 10.5. The summed E-state index contributed by atoms with van der Waals surface area (Å²) in [5, 5.41) is 3.80. The third kappa shape index (κ3) is 3.86. The second-order valence-corrected chi connectivity index (χ2v) is 5.08. The molecule has 1 amide bonds. The zero-order valence-electron chi connectivity index (χ0n) is 11.7. The predicted octanol–water partition coefficient (Wildman–Crippen LogP) is 2.85. The van der Waals surface area contributed by atoms with Gasteiger partial charge in [0.05, 0.1) is 14.2 Å². The maximum atomic E-state index is 12.3. The van der Waals surface area contributed by atoms with Crippen LogP contribution < -0.4 is 14.8 Å². The lowest BCUT2D eigenvalue weighted by atomic mass is 10.1. The number of methoxy groups -OCH3 is 2. The Balaban J connectivity index is 2.98. The molecule has 1 aromatic carbocycles. The second kappa shape index (κ2) is 7.38. The minimum atomic E-state index is -0.186. The zero-order valence-corrected chi connectivity index (χ0v) is 13.3. The van der Waals surface area contributed by atoms with Crippen LogP contribution in [0.3, 0.4) is 0 Å². The SMILES string of the molecule is COc1cccc(OC)c1C(=O)NC(C)C(C)CBr. The third-order valence-corrected chi connectivity index (χ3v) is 4.13. The highest BCUT2D eigenvalue weighted by molar-refractivity contribution is 9.09. The minimum Gasteiger partial charge on any atom is -0.496 e. The molecule has 0 aliphatic rings. The van der Waals surface area contributed by atoms with Gasteiger partial charge in [-0.1, -0.05) is 28.9 Å². The van der Waals surface area contributed by atoms with Gasteiger partial charge in [-0.05, 0) is 25.0 Å². The first-order valence-corrected chi connectivity index (χ1v) is 7.25. The average molecular weight is 330 g/mol. The Bertz CT molecular complexity index is 414. The molecule has 0 radical (unpaired) electrons. The van der Waals surface area contributed by atoms with E-state index in [0.29, 0.717) is 23.0 Å². The van der Waals surface area contributed by atoms with Crippen LogP contribution in [0.5, 0.6) is 11.5 Å². The molecular weight excluding hydrogens is 310 g/mol. The van der Waals surface area contributed by atoms with Crippen LogP contribution in [0.4, 0.5) is 0 Å². The van der Waals surface area contributed by atoms with Crippen LogP contribution in [-0.2, 0) is 0 Å². The fourth-order valence-electron chi connectivity index (χ4n) is 1.63. The van der Waals surface area contributed by atoms with Crippen molar-refractivity contribution in [2.24, 2.45) is 5.92 Å². The summed E-state index contributed by atoms with van der Waals surface area (Å²) in [5.41, 5.74) is 0.432. The van der Waals surface area contributed by atoms with E-state index in [1.807, 2.05) is 6.92 Å². The first-order chi connectivity index (χ1) is 9.04. The molecule has 1 aromatic rings. The van der Waals surface area contributed by atoms with Gasteiger partial charge in [0.15, 0.2) is 0 Å². The molecular formula is C14H20BrNO3. The Morgan fingerprint density at radius 3 is 2.21 bits per heavy atom. The maximum Gasteiger partial charge on any atom is 0.259 e. The lowest BCUT2D eigenvalue weighted by Gasteiger charge is -2.20. The quantitative estimate of drug-likeness (QED) is 0.816. The number of benzene rings is 1. The van der Waals surface area contributed by atoms with Gasteiger partial charge in [-0.2, -0.15) is 0 Å². The number of hydrogen-bond donors (Lipinski definition) is 1. The molecule has 0 heterocycles. The molecule has 0 aromatic heterocycles. The van der Waals surface area contributed by atoms with Gasteiger partial charge in [0.2, 0.25) is 0 Å². The number of carbonyl (C=O) groups excluding carboxylic acids is 1. The molecule has 2 atom stereocenters. The van der Waals surface area contributed by atoms with Gasteiger partial charge in [0.25, 0.3) is 5.91 Å². The summed E-state index contributed by atoms with van der Waals surface area (Å²) in [6.07, 6.45) is 0. The Morgan fingerprint density at radius 1 is 1.26 bits per heavy atom. The standard InChI is InChI=1S/C14H20BrNO3/c1-9(8-15)10(2)16-14(17)13-11(18-3)6-5-7-12(13)19-4/h5-7,9-10H,8H2,1-4H3,(H,16,17). The lowest BCUT2D eigenvalue weighted by molar-refractivity contribution is 0.0925. The molecule has 4 nitrogen and oxygen atoms in total. The van der Waals surface area contributed by atoms with Gasteiger partial charge in [-0.3, -0.25) is 4.79 Å². The van der Waals surface area contributed by atoms with E-state index >= 15 is 0 Å². The summed E-state index contributed by atoms with van der Waals surface area (Å²) in [6, 6.07) is 5.34. The van der Waals surface area contributed by atoms with E-state index in [0.717, 1.165) is 5.33 Å². The molecule has 0 saturated carbocycles. The van der Waals surface area contributed by atoms with Crippen LogP contribution in [0.15, 0.2) is 18.2 Å². The van der Waals surface area contributed by atoms with Gasteiger partial charge in [-0.15, -0.1) is 0 Å². The average Bonchev–Trinajstić information content (AvgIpc) is 2.44. The third-order valence-electron chi connectivity index (χ3n) is 3.11. The van der Waals surface area contributed by atoms with Crippen LogP contribution in [0.1, 0.15) is 24.2 Å². The van der Waals surface area contributed by atoms with Crippen molar-refractivity contribution in [3.05, 3.63) is 23.8 Å². The number of nitrogens with one attached hydrogen (secondary N) is 1. The summed E-state index contributed by atoms with van der Waals surface area (Å²) in [7, 11) is 3.08. The normalized spacial score (nSPS) is 13.5. The number of halogens is 1. The monoisotopic (exact) mass is 329 g/mol. The van der Waals surface area contributed by atoms with Crippen molar-refractivity contribution in [2.75, 3.05) is 19.5 Å². The summed E-state index contributed by atoms with van der Waals surface area (Å²) in [6.45, 7) is 4.05. The van der Waals surface area contributed by atoms with Crippen LogP contribution in [0.2, 0.25) is 0 Å². The first kappa shape index (κ1) is 15.8. The molecule has 0 spiro atoms. The Hall–Kier alpha value is -1.23. The Kier molecular flexibility index (Phi) is 6.15. The molecule has 19 heavy (non-hydrogen) atoms. The molecule has 0 aliphatic carbocycles. The van der Waals surface area contributed by atoms with Crippen molar-refractivity contribution in [1.82, 2.24) is 5.32 Å². The summed E-state index contributed by atoms with van der Waals surface area (Å²) >= 11 is 3.42. The second-order valence-electron chi connectivity index (χ2n) is 4.43. The van der Waals surface area contributed by atoms with Crippen molar-refractivity contribution in [3.63, 3.8) is 0 Å². The predicted molar refractivity (Wildman–Crippen MR) is 79.4 cm³/mol. The molecule has 1 N–H and O–H groups in total. The molecule has 0 aliphatic heterocycles. The van der Waals surface area contributed by atoms with Crippen molar-refractivity contribution < 1.29 is 14.3 Å². The van der Waals surface area contributed by atoms with E-state index in [1.54, 1.807) is 18.2 Å². The number of carbonyl (C=O) groups is 1. The molecule has 0 bridgehead atoms. The van der Waals surface area contributed by atoms with E-state index in [4.69, 9.17) is 9.47 Å². The molecule has 106 valence electrons. The van der Waals surface area contributed by atoms with Crippen molar-refractivity contribution in [1.29, 1.82) is 0 Å². The van der Waals surface area contributed by atoms with Crippen LogP contribution in [0.25, 0.3) is 0 Å². The number of rotatable bonds is 6. The molecule has 0 fully saturated rings. The summed E-state index contributed by atoms with van der Waals surface area (Å²) in [4.78, 5) is 12.3. The molecule has 1 rings (SSSR count). The minimum absolute atomic E-state index is 0.0569. The fraction of sp³-hybridized carbons (Fsp3) is 0.500. The van der Waals surface area contributed by atoms with Gasteiger partial charge in [-0.25, -0.2) is 0 Å². The number of alkyl halides is 1. The van der Waals surface area contributed by atoms with Crippen LogP contribution >= 0.6 is 15.9 Å². The molecule has 0 saturated heterocycles. The largest absolute Gasteiger partial charge is 0.496 e. The first-order valence-electron chi connectivity index (χ1n) is 6.13. The van der Waals surface area contributed by atoms with E-state index in [2.05, 4.69) is 28.2 Å². The maximum absolute atomic E-state index is 12.3. The van der Waals surface area contributed by atoms with Crippen molar-refractivity contribution >= 4 is 21.8 Å². The molecule has 5 heteroatoms. The number of hydrogen-bond acceptors (Lipinski definition) is 3. The fourth-order valence-corrected chi connectivity index (χ4v) is 2.19. The van der Waals surface area contributed by atoms with E-state index in [-0.39, 0.29) is 11.9 Å². The van der Waals surface area contributed by atoms with Gasteiger partial charge in [0.1, 0.15) is 17.1 Å². The van der Waals surface area contributed by atoms with Crippen LogP contribution in [0, 0.1) is 5.92 Å². The lowest BCUT2D eigenvalue weighted by Crippen LogP contribution is -2.38. The van der Waals surface area contributed by atoms with E-state index < -0.39 is 0 Å². The summed E-state index contributed by atoms with van der Waals surface area (Å²) in [5.74, 6) is 1.17. The molecule has 2 unspecified atom stereocenters. The topological polar surface area (TPSA) is 47.6 Å². The van der Waals surface area contributed by atoms with Gasteiger partial charge >= 0.3 is 0 Å². The van der Waals surface area contributed by atoms with Crippen LogP contribution in [-0.4, -0.2) is 31.5 Å². The van der Waals surface area contributed by atoms with Gasteiger partial charge in [0, 0.05) is 11.4 Å². The van der Waals surface area contributed by atoms with Crippen molar-refractivity contribution in [3.8, 4) is 11.5 Å². The highest BCUT2D eigenvalue weighted by atomic mass is 79.9. The number of ether oxygens (including phenoxy) is 2. The van der Waals surface area contributed by atoms with Crippen molar-refractivity contribution in [2.45, 2.75) is 19.9 Å². The smallest absolute Gasteiger partial charge is 0.259 e. The number of amides is 1. The highest BCUT2D eigenvalue weighted by Crippen LogP contribution is 2.28. The Morgan fingerprint density at radius 2 is 1.79 bits per heavy atom. The highest BCUT2D eigenvalue weighted by Gasteiger charge is 2.21. The van der Waals surface area contributed by atoms with E-state index in [9.17, 15) is 4.79 Å². The van der Waals surface area contributed by atoms with Gasteiger partial charge < -0.3 is 14.8 Å². The van der Waals surface area contributed by atoms with E-state index in [1.165, 1.54) is 14.2 Å². The zero-order chi connectivity index (χ0) is 14.4.